The second-order valence-corrected chi connectivity index (χ2v) is 7.75. The van der Waals surface area contributed by atoms with Gasteiger partial charge in [-0.3, -0.25) is 0 Å². The van der Waals surface area contributed by atoms with E-state index in [4.69, 9.17) is 11.6 Å². The fraction of sp³-hybridized carbons (Fsp3) is 0.471. The Balaban J connectivity index is 1.93. The highest BCUT2D eigenvalue weighted by molar-refractivity contribution is 7.89. The van der Waals surface area contributed by atoms with Gasteiger partial charge in [-0.05, 0) is 25.1 Å². The van der Waals surface area contributed by atoms with Gasteiger partial charge in [0.15, 0.2) is 0 Å². The number of sulfonamides is 1. The van der Waals surface area contributed by atoms with Gasteiger partial charge < -0.3 is 5.32 Å². The Labute approximate surface area is 148 Å². The van der Waals surface area contributed by atoms with Gasteiger partial charge in [-0.1, -0.05) is 49.9 Å². The molecule has 2 N–H and O–H groups in total. The van der Waals surface area contributed by atoms with Crippen LogP contribution in [-0.4, -0.2) is 33.0 Å². The zero-order valence-electron chi connectivity index (χ0n) is 13.9. The molecule has 0 unspecified atom stereocenters. The first kappa shape index (κ1) is 19.1. The number of hydrogen-bond acceptors (Lipinski definition) is 4. The van der Waals surface area contributed by atoms with Crippen LogP contribution in [0.3, 0.4) is 0 Å². The summed E-state index contributed by atoms with van der Waals surface area (Å²) in [5, 5.41) is 4.78. The number of pyridine rings is 1. The van der Waals surface area contributed by atoms with E-state index in [1.165, 1.54) is 25.5 Å². The highest BCUT2D eigenvalue weighted by Gasteiger charge is 2.17. The molecular formula is C17H24ClN3O2S. The Morgan fingerprint density at radius 1 is 1.04 bits per heavy atom. The molecule has 1 aromatic carbocycles. The lowest BCUT2D eigenvalue weighted by molar-refractivity contribution is 0.568. The highest BCUT2D eigenvalue weighted by Crippen LogP contribution is 2.26. The Morgan fingerprint density at radius 3 is 2.67 bits per heavy atom. The van der Waals surface area contributed by atoms with Gasteiger partial charge in [0, 0.05) is 30.1 Å². The summed E-state index contributed by atoms with van der Waals surface area (Å²) in [6, 6.07) is 6.69. The number of benzene rings is 1. The molecule has 0 aliphatic carbocycles. The van der Waals surface area contributed by atoms with Crippen molar-refractivity contribution < 1.29 is 8.42 Å². The zero-order chi connectivity index (χ0) is 17.4. The Morgan fingerprint density at radius 2 is 1.88 bits per heavy atom. The number of fused-ring (bicyclic) bond motifs is 1. The maximum Gasteiger partial charge on any atom is 0.241 e. The van der Waals surface area contributed by atoms with Gasteiger partial charge in [-0.15, -0.1) is 0 Å². The molecule has 0 saturated carbocycles. The van der Waals surface area contributed by atoms with Crippen LogP contribution in [0.5, 0.6) is 0 Å². The summed E-state index contributed by atoms with van der Waals surface area (Å²) in [6.45, 7) is 4.06. The predicted molar refractivity (Wildman–Crippen MR) is 99.0 cm³/mol. The second kappa shape index (κ2) is 9.32. The van der Waals surface area contributed by atoms with Crippen molar-refractivity contribution in [1.82, 2.24) is 15.0 Å². The van der Waals surface area contributed by atoms with E-state index in [0.29, 0.717) is 29.0 Å². The number of aromatic nitrogens is 1. The number of nitrogens with one attached hydrogen (secondary N) is 2. The Kier molecular flexibility index (Phi) is 7.42. The van der Waals surface area contributed by atoms with Gasteiger partial charge in [0.2, 0.25) is 10.0 Å². The van der Waals surface area contributed by atoms with E-state index >= 15 is 0 Å². The van der Waals surface area contributed by atoms with Gasteiger partial charge in [-0.2, -0.15) is 0 Å². The van der Waals surface area contributed by atoms with E-state index in [0.717, 1.165) is 13.0 Å². The van der Waals surface area contributed by atoms with E-state index in [1.54, 1.807) is 24.3 Å². The van der Waals surface area contributed by atoms with Crippen molar-refractivity contribution in [2.75, 3.05) is 19.6 Å². The van der Waals surface area contributed by atoms with Gasteiger partial charge >= 0.3 is 0 Å². The van der Waals surface area contributed by atoms with Gasteiger partial charge in [0.05, 0.1) is 4.90 Å². The molecule has 0 spiro atoms. The molecule has 0 fully saturated rings. The Bertz CT molecular complexity index is 766. The third kappa shape index (κ3) is 5.14. The van der Waals surface area contributed by atoms with Gasteiger partial charge in [0.25, 0.3) is 0 Å². The standard InChI is InChI=1S/C17H24ClN3O2S/c1-2-3-4-5-10-19-12-13-21-24(22,23)16-8-6-7-15-14(16)9-11-20-17(15)18/h6-9,11,19,21H,2-5,10,12-13H2,1H3. The second-order valence-electron chi connectivity index (χ2n) is 5.66. The van der Waals surface area contributed by atoms with Crippen LogP contribution in [0, 0.1) is 0 Å². The molecule has 24 heavy (non-hydrogen) atoms. The highest BCUT2D eigenvalue weighted by atomic mass is 35.5. The molecule has 0 bridgehead atoms. The van der Waals surface area contributed by atoms with Crippen LogP contribution in [0.1, 0.15) is 32.6 Å². The molecule has 1 heterocycles. The fourth-order valence-electron chi connectivity index (χ4n) is 2.53. The summed E-state index contributed by atoms with van der Waals surface area (Å²) in [7, 11) is -3.58. The first-order chi connectivity index (χ1) is 11.6. The summed E-state index contributed by atoms with van der Waals surface area (Å²) >= 11 is 6.04. The Hall–Kier alpha value is -1.21. The van der Waals surface area contributed by atoms with Crippen LogP contribution in [0.2, 0.25) is 5.15 Å². The topological polar surface area (TPSA) is 71.1 Å². The summed E-state index contributed by atoms with van der Waals surface area (Å²) in [5.74, 6) is 0. The largest absolute Gasteiger partial charge is 0.315 e. The minimum atomic E-state index is -3.58. The lowest BCUT2D eigenvalue weighted by atomic mass is 10.2. The average Bonchev–Trinajstić information content (AvgIpc) is 2.57. The monoisotopic (exact) mass is 369 g/mol. The van der Waals surface area contributed by atoms with E-state index in [2.05, 4.69) is 21.9 Å². The zero-order valence-corrected chi connectivity index (χ0v) is 15.5. The summed E-state index contributed by atoms with van der Waals surface area (Å²) in [6.07, 6.45) is 6.30. The van der Waals surface area contributed by atoms with Crippen LogP contribution in [-0.2, 0) is 10.0 Å². The van der Waals surface area contributed by atoms with Crippen LogP contribution in [0.25, 0.3) is 10.8 Å². The molecule has 7 heteroatoms. The third-order valence-corrected chi connectivity index (χ3v) is 5.63. The fourth-order valence-corrected chi connectivity index (χ4v) is 4.00. The summed E-state index contributed by atoms with van der Waals surface area (Å²) in [5.41, 5.74) is 0. The van der Waals surface area contributed by atoms with Crippen LogP contribution < -0.4 is 10.0 Å². The van der Waals surface area contributed by atoms with Crippen molar-refractivity contribution in [2.45, 2.75) is 37.5 Å². The minimum Gasteiger partial charge on any atom is -0.315 e. The van der Waals surface area contributed by atoms with E-state index in [9.17, 15) is 8.42 Å². The van der Waals surface area contributed by atoms with Gasteiger partial charge in [-0.25, -0.2) is 18.1 Å². The molecular weight excluding hydrogens is 346 g/mol. The van der Waals surface area contributed by atoms with Crippen molar-refractivity contribution in [3.05, 3.63) is 35.6 Å². The van der Waals surface area contributed by atoms with Gasteiger partial charge in [0.1, 0.15) is 5.15 Å². The van der Waals surface area contributed by atoms with E-state index in [1.807, 2.05) is 0 Å². The number of halogens is 1. The maximum atomic E-state index is 12.5. The molecule has 0 atom stereocenters. The molecule has 0 aliphatic rings. The molecule has 2 rings (SSSR count). The number of nitrogens with zero attached hydrogens (tertiary/aromatic N) is 1. The van der Waals surface area contributed by atoms with Crippen molar-refractivity contribution in [1.29, 1.82) is 0 Å². The molecule has 0 saturated heterocycles. The van der Waals surface area contributed by atoms with Crippen molar-refractivity contribution >= 4 is 32.4 Å². The van der Waals surface area contributed by atoms with E-state index < -0.39 is 10.0 Å². The lowest BCUT2D eigenvalue weighted by Crippen LogP contribution is -2.32. The first-order valence-electron chi connectivity index (χ1n) is 8.30. The first-order valence-corrected chi connectivity index (χ1v) is 10.2. The molecule has 0 radical (unpaired) electrons. The van der Waals surface area contributed by atoms with E-state index in [-0.39, 0.29) is 4.90 Å². The smallest absolute Gasteiger partial charge is 0.241 e. The summed E-state index contributed by atoms with van der Waals surface area (Å²) in [4.78, 5) is 4.22. The quantitative estimate of drug-likeness (QED) is 0.497. The molecule has 132 valence electrons. The number of rotatable bonds is 10. The SMILES string of the molecule is CCCCCCNCCNS(=O)(=O)c1cccc2c(Cl)nccc12. The van der Waals surface area contributed by atoms with Crippen molar-refractivity contribution in [2.24, 2.45) is 0 Å². The lowest BCUT2D eigenvalue weighted by Gasteiger charge is -2.10. The van der Waals surface area contributed by atoms with Crippen LogP contribution in [0.15, 0.2) is 35.4 Å². The van der Waals surface area contributed by atoms with Crippen molar-refractivity contribution in [3.8, 4) is 0 Å². The predicted octanol–water partition coefficient (Wildman–Crippen LogP) is 3.34. The number of unbranched alkanes of at least 4 members (excludes halogenated alkanes) is 3. The van der Waals surface area contributed by atoms with Crippen LogP contribution >= 0.6 is 11.6 Å². The molecule has 0 amide bonds. The molecule has 0 aliphatic heterocycles. The maximum absolute atomic E-state index is 12.5. The number of hydrogen-bond donors (Lipinski definition) is 2. The molecule has 2 aromatic rings. The van der Waals surface area contributed by atoms with Crippen LogP contribution in [0.4, 0.5) is 0 Å². The molecule has 5 nitrogen and oxygen atoms in total. The molecule has 1 aromatic heterocycles. The summed E-state index contributed by atoms with van der Waals surface area (Å²) < 4.78 is 27.7. The van der Waals surface area contributed by atoms with Crippen molar-refractivity contribution in [3.63, 3.8) is 0 Å². The third-order valence-electron chi connectivity index (χ3n) is 3.81. The normalized spacial score (nSPS) is 11.9. The average molecular weight is 370 g/mol. The minimum absolute atomic E-state index is 0.229.